The van der Waals surface area contributed by atoms with Gasteiger partial charge in [0.1, 0.15) is 6.10 Å². The van der Waals surface area contributed by atoms with Crippen molar-refractivity contribution in [1.82, 2.24) is 4.98 Å². The van der Waals surface area contributed by atoms with Gasteiger partial charge < -0.3 is 5.11 Å². The minimum Gasteiger partial charge on any atom is -0.382 e. The Morgan fingerprint density at radius 3 is 2.59 bits per heavy atom. The van der Waals surface area contributed by atoms with Gasteiger partial charge in [0.15, 0.2) is 0 Å². The third kappa shape index (κ3) is 2.48. The number of pyridine rings is 1. The molecule has 2 aromatic rings. The lowest BCUT2D eigenvalue weighted by atomic mass is 10.0. The molecule has 88 valence electrons. The molecule has 0 bridgehead atoms. The molecule has 2 nitrogen and oxygen atoms in total. The minimum atomic E-state index is -0.728. The molecule has 17 heavy (non-hydrogen) atoms. The van der Waals surface area contributed by atoms with E-state index in [9.17, 15) is 5.11 Å². The van der Waals surface area contributed by atoms with Crippen LogP contribution in [0.25, 0.3) is 0 Å². The van der Waals surface area contributed by atoms with Crippen molar-refractivity contribution in [3.63, 3.8) is 0 Å². The van der Waals surface area contributed by atoms with E-state index in [1.807, 2.05) is 38.1 Å². The van der Waals surface area contributed by atoms with Gasteiger partial charge in [0, 0.05) is 11.2 Å². The normalized spacial score (nSPS) is 12.5. The zero-order valence-electron chi connectivity index (χ0n) is 9.81. The van der Waals surface area contributed by atoms with Crippen molar-refractivity contribution in [2.45, 2.75) is 20.0 Å². The van der Waals surface area contributed by atoms with E-state index in [2.05, 4.69) is 4.98 Å². The van der Waals surface area contributed by atoms with Gasteiger partial charge in [0.05, 0.1) is 5.69 Å². The highest BCUT2D eigenvalue weighted by atomic mass is 35.5. The molecule has 0 aliphatic carbocycles. The molecule has 0 radical (unpaired) electrons. The molecule has 0 amide bonds. The molecule has 2 rings (SSSR count). The summed E-state index contributed by atoms with van der Waals surface area (Å²) in [7, 11) is 0. The molecular formula is C14H14ClNO. The Kier molecular flexibility index (Phi) is 3.46. The van der Waals surface area contributed by atoms with Gasteiger partial charge in [-0.1, -0.05) is 29.8 Å². The Morgan fingerprint density at radius 2 is 1.94 bits per heavy atom. The van der Waals surface area contributed by atoms with Gasteiger partial charge in [-0.15, -0.1) is 0 Å². The number of aromatic nitrogens is 1. The van der Waals surface area contributed by atoms with Gasteiger partial charge in [-0.3, -0.25) is 4.98 Å². The van der Waals surface area contributed by atoms with Crippen LogP contribution < -0.4 is 0 Å². The smallest absolute Gasteiger partial charge is 0.121 e. The molecule has 1 N–H and O–H groups in total. The van der Waals surface area contributed by atoms with Crippen LogP contribution in [-0.4, -0.2) is 10.1 Å². The van der Waals surface area contributed by atoms with Crippen LogP contribution in [0.15, 0.2) is 36.5 Å². The standard InChI is InChI=1S/C14H14ClNO/c1-9-5-6-11(8-12(9)15)14(17)13-10(2)4-3-7-16-13/h3-8,14,17H,1-2H3. The minimum absolute atomic E-state index is 0.662. The number of aliphatic hydroxyl groups excluding tert-OH is 1. The molecule has 0 saturated carbocycles. The van der Waals surface area contributed by atoms with E-state index in [-0.39, 0.29) is 0 Å². The molecule has 1 aromatic heterocycles. The first kappa shape index (κ1) is 12.1. The summed E-state index contributed by atoms with van der Waals surface area (Å²) in [5.74, 6) is 0. The summed E-state index contributed by atoms with van der Waals surface area (Å²) in [6, 6.07) is 9.35. The second kappa shape index (κ2) is 4.86. The van der Waals surface area contributed by atoms with E-state index < -0.39 is 6.10 Å². The molecule has 0 spiro atoms. The zero-order chi connectivity index (χ0) is 12.4. The fourth-order valence-electron chi connectivity index (χ4n) is 1.72. The topological polar surface area (TPSA) is 33.1 Å². The fraction of sp³-hybridized carbons (Fsp3) is 0.214. The van der Waals surface area contributed by atoms with Gasteiger partial charge in [0.2, 0.25) is 0 Å². The van der Waals surface area contributed by atoms with Crippen molar-refractivity contribution in [1.29, 1.82) is 0 Å². The average Bonchev–Trinajstić information content (AvgIpc) is 2.32. The van der Waals surface area contributed by atoms with Gasteiger partial charge >= 0.3 is 0 Å². The molecule has 1 atom stereocenters. The monoisotopic (exact) mass is 247 g/mol. The Bertz CT molecular complexity index is 539. The van der Waals surface area contributed by atoms with Crippen molar-refractivity contribution in [3.05, 3.63) is 63.9 Å². The predicted molar refractivity (Wildman–Crippen MR) is 69.2 cm³/mol. The van der Waals surface area contributed by atoms with Crippen molar-refractivity contribution in [3.8, 4) is 0 Å². The highest BCUT2D eigenvalue weighted by Gasteiger charge is 2.14. The molecule has 3 heteroatoms. The third-order valence-corrected chi connectivity index (χ3v) is 3.23. The van der Waals surface area contributed by atoms with Crippen LogP contribution >= 0.6 is 11.6 Å². The molecule has 0 aliphatic heterocycles. The van der Waals surface area contributed by atoms with Crippen LogP contribution in [0.5, 0.6) is 0 Å². The Morgan fingerprint density at radius 1 is 1.18 bits per heavy atom. The first-order valence-corrected chi connectivity index (χ1v) is 5.83. The second-order valence-electron chi connectivity index (χ2n) is 4.12. The predicted octanol–water partition coefficient (Wildman–Crippen LogP) is 3.43. The molecule has 0 saturated heterocycles. The molecular weight excluding hydrogens is 234 g/mol. The van der Waals surface area contributed by atoms with Crippen LogP contribution in [0.3, 0.4) is 0 Å². The summed E-state index contributed by atoms with van der Waals surface area (Å²) in [5.41, 5.74) is 3.41. The van der Waals surface area contributed by atoms with Gasteiger partial charge in [-0.05, 0) is 42.7 Å². The third-order valence-electron chi connectivity index (χ3n) is 2.82. The number of halogens is 1. The van der Waals surface area contributed by atoms with Gasteiger partial charge in [0.25, 0.3) is 0 Å². The Labute approximate surface area is 106 Å². The van der Waals surface area contributed by atoms with E-state index in [4.69, 9.17) is 11.6 Å². The summed E-state index contributed by atoms with van der Waals surface area (Å²) < 4.78 is 0. The van der Waals surface area contributed by atoms with Crippen LogP contribution in [0.4, 0.5) is 0 Å². The number of benzene rings is 1. The molecule has 1 aromatic carbocycles. The SMILES string of the molecule is Cc1ccc(C(O)c2ncccc2C)cc1Cl. The summed E-state index contributed by atoms with van der Waals surface area (Å²) in [4.78, 5) is 4.21. The maximum Gasteiger partial charge on any atom is 0.121 e. The van der Waals surface area contributed by atoms with Crippen LogP contribution in [0, 0.1) is 13.8 Å². The average molecular weight is 248 g/mol. The Hall–Kier alpha value is -1.38. The van der Waals surface area contributed by atoms with E-state index in [1.54, 1.807) is 12.3 Å². The first-order valence-electron chi connectivity index (χ1n) is 5.45. The lowest BCUT2D eigenvalue weighted by molar-refractivity contribution is 0.214. The highest BCUT2D eigenvalue weighted by molar-refractivity contribution is 6.31. The van der Waals surface area contributed by atoms with E-state index in [0.717, 1.165) is 16.7 Å². The fourth-order valence-corrected chi connectivity index (χ4v) is 1.91. The van der Waals surface area contributed by atoms with Gasteiger partial charge in [-0.25, -0.2) is 0 Å². The lowest BCUT2D eigenvalue weighted by Crippen LogP contribution is -2.04. The second-order valence-corrected chi connectivity index (χ2v) is 4.52. The largest absolute Gasteiger partial charge is 0.382 e. The van der Waals surface area contributed by atoms with Crippen LogP contribution in [-0.2, 0) is 0 Å². The highest BCUT2D eigenvalue weighted by Crippen LogP contribution is 2.26. The first-order chi connectivity index (χ1) is 8.09. The quantitative estimate of drug-likeness (QED) is 0.882. The summed E-state index contributed by atoms with van der Waals surface area (Å²) >= 11 is 6.05. The Balaban J connectivity index is 2.40. The number of aryl methyl sites for hydroxylation is 2. The number of hydrogen-bond donors (Lipinski definition) is 1. The molecule has 1 heterocycles. The maximum atomic E-state index is 10.3. The van der Waals surface area contributed by atoms with Crippen LogP contribution in [0.2, 0.25) is 5.02 Å². The van der Waals surface area contributed by atoms with Crippen molar-refractivity contribution < 1.29 is 5.11 Å². The summed E-state index contributed by atoms with van der Waals surface area (Å²) in [6.45, 7) is 3.87. The molecule has 1 unspecified atom stereocenters. The lowest BCUT2D eigenvalue weighted by Gasteiger charge is -2.13. The summed E-state index contributed by atoms with van der Waals surface area (Å²) in [5, 5.41) is 10.9. The van der Waals surface area contributed by atoms with E-state index in [1.165, 1.54) is 0 Å². The van der Waals surface area contributed by atoms with E-state index in [0.29, 0.717) is 10.7 Å². The molecule has 0 fully saturated rings. The number of aliphatic hydroxyl groups is 1. The number of rotatable bonds is 2. The number of hydrogen-bond acceptors (Lipinski definition) is 2. The van der Waals surface area contributed by atoms with Crippen molar-refractivity contribution in [2.75, 3.05) is 0 Å². The zero-order valence-corrected chi connectivity index (χ0v) is 10.6. The summed E-state index contributed by atoms with van der Waals surface area (Å²) in [6.07, 6.45) is 0.954. The van der Waals surface area contributed by atoms with Gasteiger partial charge in [-0.2, -0.15) is 0 Å². The van der Waals surface area contributed by atoms with Crippen LogP contribution in [0.1, 0.15) is 28.5 Å². The number of nitrogens with zero attached hydrogens (tertiary/aromatic N) is 1. The maximum absolute atomic E-state index is 10.3. The van der Waals surface area contributed by atoms with Crippen molar-refractivity contribution in [2.24, 2.45) is 0 Å². The molecule has 0 aliphatic rings. The van der Waals surface area contributed by atoms with E-state index >= 15 is 0 Å². The van der Waals surface area contributed by atoms with Crippen molar-refractivity contribution >= 4 is 11.6 Å².